The van der Waals surface area contributed by atoms with E-state index in [9.17, 15) is 0 Å². The van der Waals surface area contributed by atoms with E-state index in [4.69, 9.17) is 0 Å². The molecule has 1 N–H and O–H groups in total. The van der Waals surface area contributed by atoms with Gasteiger partial charge in [-0.1, -0.05) is 11.1 Å². The molecule has 0 heterocycles. The van der Waals surface area contributed by atoms with Gasteiger partial charge in [0.25, 0.3) is 0 Å². The normalized spacial score (nSPS) is 12.9. The van der Waals surface area contributed by atoms with Crippen LogP contribution in [0.3, 0.4) is 0 Å². The first-order chi connectivity index (χ1) is 4.57. The first kappa shape index (κ1) is 9.70. The lowest BCUT2D eigenvalue weighted by Gasteiger charge is -2.10. The van der Waals surface area contributed by atoms with E-state index in [2.05, 4.69) is 33.0 Å². The molecule has 10 heavy (non-hydrogen) atoms. The molecule has 0 amide bonds. The number of allylic oxidation sites excluding steroid dienone is 1. The predicted molar refractivity (Wildman–Crippen MR) is 47.2 cm³/mol. The molecule has 0 fully saturated rings. The Kier molecular flexibility index (Phi) is 4.37. The zero-order valence-corrected chi connectivity index (χ0v) is 7.78. The number of hydrogen-bond donors (Lipinski definition) is 1. The molecule has 0 aromatic carbocycles. The summed E-state index contributed by atoms with van der Waals surface area (Å²) in [5.41, 5.74) is 2.95. The van der Waals surface area contributed by atoms with Gasteiger partial charge in [-0.3, -0.25) is 0 Å². The zero-order chi connectivity index (χ0) is 8.15. The second kappa shape index (κ2) is 4.51. The van der Waals surface area contributed by atoms with Crippen molar-refractivity contribution >= 4 is 0 Å². The Balaban J connectivity index is 3.79. The molecule has 0 radical (unpaired) electrons. The van der Waals surface area contributed by atoms with Crippen LogP contribution in [0.1, 0.15) is 34.1 Å². The molecule has 1 unspecified atom stereocenters. The monoisotopic (exact) mass is 141 g/mol. The van der Waals surface area contributed by atoms with E-state index in [-0.39, 0.29) is 0 Å². The maximum Gasteiger partial charge on any atom is 0.00728 e. The van der Waals surface area contributed by atoms with Gasteiger partial charge in [0, 0.05) is 6.04 Å². The van der Waals surface area contributed by atoms with Crippen molar-refractivity contribution in [3.05, 3.63) is 11.1 Å². The first-order valence-electron chi connectivity index (χ1n) is 3.88. The largest absolute Gasteiger partial charge is 0.317 e. The van der Waals surface area contributed by atoms with Crippen molar-refractivity contribution < 1.29 is 0 Å². The molecule has 0 aliphatic carbocycles. The average molecular weight is 141 g/mol. The molecule has 0 aliphatic heterocycles. The predicted octanol–water partition coefficient (Wildman–Crippen LogP) is 2.34. The van der Waals surface area contributed by atoms with E-state index in [1.54, 1.807) is 0 Å². The molecule has 0 spiro atoms. The lowest BCUT2D eigenvalue weighted by Crippen LogP contribution is -2.21. The van der Waals surface area contributed by atoms with Gasteiger partial charge < -0.3 is 5.32 Å². The molecule has 0 aromatic rings. The van der Waals surface area contributed by atoms with Gasteiger partial charge in [0.05, 0.1) is 0 Å². The Bertz CT molecular complexity index is 121. The standard InChI is InChI=1S/C9H19N/c1-7(2)8(3)6-9(4)10-5/h9-10H,6H2,1-5H3. The van der Waals surface area contributed by atoms with Crippen LogP contribution < -0.4 is 5.32 Å². The summed E-state index contributed by atoms with van der Waals surface area (Å²) in [6, 6.07) is 0.606. The smallest absolute Gasteiger partial charge is 0.00728 e. The van der Waals surface area contributed by atoms with E-state index in [0.29, 0.717) is 6.04 Å². The van der Waals surface area contributed by atoms with Crippen LogP contribution in [0.4, 0.5) is 0 Å². The van der Waals surface area contributed by atoms with Gasteiger partial charge in [0.15, 0.2) is 0 Å². The summed E-state index contributed by atoms with van der Waals surface area (Å²) >= 11 is 0. The fraction of sp³-hybridized carbons (Fsp3) is 0.778. The molecule has 0 aromatic heterocycles. The SMILES string of the molecule is CNC(C)CC(C)=C(C)C. The molecule has 0 rings (SSSR count). The molecule has 1 nitrogen and oxygen atoms in total. The molecular formula is C9H19N. The molecule has 1 atom stereocenters. The van der Waals surface area contributed by atoms with Gasteiger partial charge in [-0.15, -0.1) is 0 Å². The van der Waals surface area contributed by atoms with Crippen molar-refractivity contribution in [1.82, 2.24) is 5.32 Å². The van der Waals surface area contributed by atoms with E-state index in [1.165, 1.54) is 17.6 Å². The fourth-order valence-electron chi connectivity index (χ4n) is 0.765. The highest BCUT2D eigenvalue weighted by atomic mass is 14.8. The lowest BCUT2D eigenvalue weighted by molar-refractivity contribution is 0.603. The van der Waals surface area contributed by atoms with Crippen LogP contribution in [0.15, 0.2) is 11.1 Å². The summed E-state index contributed by atoms with van der Waals surface area (Å²) in [4.78, 5) is 0. The number of nitrogens with one attached hydrogen (secondary N) is 1. The fourth-order valence-corrected chi connectivity index (χ4v) is 0.765. The average Bonchev–Trinajstić information content (AvgIpc) is 1.87. The summed E-state index contributed by atoms with van der Waals surface area (Å²) in [5.74, 6) is 0. The number of hydrogen-bond acceptors (Lipinski definition) is 1. The van der Waals surface area contributed by atoms with Gasteiger partial charge in [-0.2, -0.15) is 0 Å². The summed E-state index contributed by atoms with van der Waals surface area (Å²) in [6.45, 7) is 8.73. The molecule has 0 aliphatic rings. The molecule has 1 heteroatoms. The third-order valence-electron chi connectivity index (χ3n) is 1.96. The Hall–Kier alpha value is -0.300. The van der Waals surface area contributed by atoms with Gasteiger partial charge >= 0.3 is 0 Å². The third-order valence-corrected chi connectivity index (χ3v) is 1.96. The van der Waals surface area contributed by atoms with Crippen molar-refractivity contribution in [2.45, 2.75) is 40.2 Å². The van der Waals surface area contributed by atoms with Crippen molar-refractivity contribution in [3.63, 3.8) is 0 Å². The summed E-state index contributed by atoms with van der Waals surface area (Å²) in [7, 11) is 2.00. The quantitative estimate of drug-likeness (QED) is 0.595. The Morgan fingerprint density at radius 3 is 2.10 bits per heavy atom. The van der Waals surface area contributed by atoms with Crippen LogP contribution in [0, 0.1) is 0 Å². The minimum atomic E-state index is 0.606. The van der Waals surface area contributed by atoms with Gasteiger partial charge in [-0.25, -0.2) is 0 Å². The Labute approximate surface area is 64.5 Å². The van der Waals surface area contributed by atoms with Gasteiger partial charge in [0.2, 0.25) is 0 Å². The van der Waals surface area contributed by atoms with Crippen LogP contribution in [-0.2, 0) is 0 Å². The molecule has 0 saturated carbocycles. The first-order valence-corrected chi connectivity index (χ1v) is 3.88. The molecule has 60 valence electrons. The van der Waals surface area contributed by atoms with Crippen molar-refractivity contribution in [3.8, 4) is 0 Å². The summed E-state index contributed by atoms with van der Waals surface area (Å²) in [6.07, 6.45) is 1.17. The van der Waals surface area contributed by atoms with E-state index < -0.39 is 0 Å². The lowest BCUT2D eigenvalue weighted by atomic mass is 10.1. The Morgan fingerprint density at radius 1 is 1.30 bits per heavy atom. The van der Waals surface area contributed by atoms with Crippen molar-refractivity contribution in [2.24, 2.45) is 0 Å². The van der Waals surface area contributed by atoms with E-state index in [0.717, 1.165) is 0 Å². The van der Waals surface area contributed by atoms with Crippen LogP contribution in [0.25, 0.3) is 0 Å². The summed E-state index contributed by atoms with van der Waals surface area (Å²) in [5, 5.41) is 3.22. The molecule has 0 saturated heterocycles. The highest BCUT2D eigenvalue weighted by molar-refractivity contribution is 5.07. The third kappa shape index (κ3) is 3.67. The van der Waals surface area contributed by atoms with Crippen molar-refractivity contribution in [1.29, 1.82) is 0 Å². The summed E-state index contributed by atoms with van der Waals surface area (Å²) < 4.78 is 0. The van der Waals surface area contributed by atoms with E-state index >= 15 is 0 Å². The Morgan fingerprint density at radius 2 is 1.80 bits per heavy atom. The van der Waals surface area contributed by atoms with Gasteiger partial charge in [0.1, 0.15) is 0 Å². The maximum atomic E-state index is 3.22. The van der Waals surface area contributed by atoms with E-state index in [1.807, 2.05) is 7.05 Å². The topological polar surface area (TPSA) is 12.0 Å². The second-order valence-corrected chi connectivity index (χ2v) is 3.17. The van der Waals surface area contributed by atoms with Crippen molar-refractivity contribution in [2.75, 3.05) is 7.05 Å². The highest BCUT2D eigenvalue weighted by Crippen LogP contribution is 2.08. The highest BCUT2D eigenvalue weighted by Gasteiger charge is 1.99. The molecular weight excluding hydrogens is 122 g/mol. The van der Waals surface area contributed by atoms with Crippen LogP contribution in [0.5, 0.6) is 0 Å². The minimum absolute atomic E-state index is 0.606. The number of rotatable bonds is 3. The zero-order valence-electron chi connectivity index (χ0n) is 7.78. The minimum Gasteiger partial charge on any atom is -0.317 e. The van der Waals surface area contributed by atoms with Crippen LogP contribution in [0.2, 0.25) is 0 Å². The maximum absolute atomic E-state index is 3.22. The van der Waals surface area contributed by atoms with Crippen LogP contribution >= 0.6 is 0 Å². The second-order valence-electron chi connectivity index (χ2n) is 3.17. The van der Waals surface area contributed by atoms with Crippen LogP contribution in [-0.4, -0.2) is 13.1 Å². The molecule has 0 bridgehead atoms. The van der Waals surface area contributed by atoms with Gasteiger partial charge in [-0.05, 0) is 41.2 Å².